The first-order valence-electron chi connectivity index (χ1n) is 8.96. The molecule has 1 aromatic carbocycles. The highest BCUT2D eigenvalue weighted by Crippen LogP contribution is 2.42. The smallest absolute Gasteiger partial charge is 0.163 e. The number of nitrogens with one attached hydrogen (secondary N) is 1. The zero-order chi connectivity index (χ0) is 18.9. The monoisotopic (exact) mass is 391 g/mol. The zero-order valence-electron chi connectivity index (χ0n) is 14.9. The number of hydrogen-bond acceptors (Lipinski definition) is 8. The standard InChI is InChI=1S/C19H17N7OS/c27-7-1-2-13-16-18(23-10-22-13)26(11-24-16)9-12-3-4-15-14(8-12)25-17-19(28-15)21-6-5-20-17/h3-6,8,10-11,27H,1-2,7,9H2,(H,20,25). The number of hydrogen-bond donors (Lipinski definition) is 2. The first-order chi connectivity index (χ1) is 13.8. The second-order valence-electron chi connectivity index (χ2n) is 6.46. The summed E-state index contributed by atoms with van der Waals surface area (Å²) in [4.78, 5) is 23.1. The predicted octanol–water partition coefficient (Wildman–Crippen LogP) is 2.80. The molecule has 5 rings (SSSR count). The van der Waals surface area contributed by atoms with Crippen LogP contribution in [0.5, 0.6) is 0 Å². The summed E-state index contributed by atoms with van der Waals surface area (Å²) in [6.45, 7) is 0.791. The summed E-state index contributed by atoms with van der Waals surface area (Å²) >= 11 is 1.61. The van der Waals surface area contributed by atoms with Crippen LogP contribution >= 0.6 is 11.8 Å². The van der Waals surface area contributed by atoms with Crippen LogP contribution in [-0.2, 0) is 13.0 Å². The summed E-state index contributed by atoms with van der Waals surface area (Å²) in [6.07, 6.45) is 8.10. The van der Waals surface area contributed by atoms with E-state index in [0.717, 1.165) is 43.8 Å². The molecule has 0 bridgehead atoms. The SMILES string of the molecule is OCCCc1ncnc2c1ncn2Cc1ccc2c(c1)Nc1nccnc1S2. The number of aromatic nitrogens is 6. The Kier molecular flexibility index (Phi) is 4.38. The first kappa shape index (κ1) is 17.1. The van der Waals surface area contributed by atoms with Gasteiger partial charge in [0.2, 0.25) is 0 Å². The van der Waals surface area contributed by atoms with Crippen LogP contribution in [0.1, 0.15) is 17.7 Å². The zero-order valence-corrected chi connectivity index (χ0v) is 15.7. The molecule has 0 amide bonds. The van der Waals surface area contributed by atoms with Crippen LogP contribution in [0.4, 0.5) is 11.5 Å². The average molecular weight is 391 g/mol. The highest BCUT2D eigenvalue weighted by Gasteiger charge is 2.18. The van der Waals surface area contributed by atoms with Crippen molar-refractivity contribution in [2.75, 3.05) is 11.9 Å². The van der Waals surface area contributed by atoms with Gasteiger partial charge < -0.3 is 15.0 Å². The molecule has 1 aliphatic heterocycles. The predicted molar refractivity (Wildman–Crippen MR) is 106 cm³/mol. The minimum absolute atomic E-state index is 0.139. The number of aliphatic hydroxyl groups excluding tert-OH is 1. The second-order valence-corrected chi connectivity index (χ2v) is 7.49. The summed E-state index contributed by atoms with van der Waals surface area (Å²) in [5.41, 5.74) is 4.63. The van der Waals surface area contributed by atoms with Crippen molar-refractivity contribution in [2.45, 2.75) is 29.3 Å². The molecule has 8 nitrogen and oxygen atoms in total. The average Bonchev–Trinajstić information content (AvgIpc) is 3.14. The van der Waals surface area contributed by atoms with Crippen molar-refractivity contribution in [3.05, 3.63) is 54.5 Å². The quantitative estimate of drug-likeness (QED) is 0.472. The molecule has 1 aliphatic rings. The Balaban J connectivity index is 1.43. The molecule has 0 spiro atoms. The van der Waals surface area contributed by atoms with Crippen LogP contribution in [0, 0.1) is 0 Å². The molecule has 4 heterocycles. The van der Waals surface area contributed by atoms with Crippen LogP contribution in [0.3, 0.4) is 0 Å². The lowest BCUT2D eigenvalue weighted by molar-refractivity contribution is 0.288. The van der Waals surface area contributed by atoms with Crippen molar-refractivity contribution >= 4 is 34.4 Å². The number of aliphatic hydroxyl groups is 1. The van der Waals surface area contributed by atoms with E-state index in [1.165, 1.54) is 0 Å². The van der Waals surface area contributed by atoms with Crippen LogP contribution in [0.25, 0.3) is 11.2 Å². The van der Waals surface area contributed by atoms with Gasteiger partial charge in [0.1, 0.15) is 16.9 Å². The number of fused-ring (bicyclic) bond motifs is 3. The molecule has 28 heavy (non-hydrogen) atoms. The van der Waals surface area contributed by atoms with Crippen molar-refractivity contribution in [3.8, 4) is 0 Å². The summed E-state index contributed by atoms with van der Waals surface area (Å²) < 4.78 is 2.02. The molecule has 0 radical (unpaired) electrons. The van der Waals surface area contributed by atoms with Gasteiger partial charge in [0.15, 0.2) is 11.5 Å². The van der Waals surface area contributed by atoms with Gasteiger partial charge in [0.25, 0.3) is 0 Å². The van der Waals surface area contributed by atoms with Crippen LogP contribution < -0.4 is 5.32 Å². The Hall–Kier alpha value is -3.04. The van der Waals surface area contributed by atoms with Crippen molar-refractivity contribution in [1.82, 2.24) is 29.5 Å². The third-order valence-electron chi connectivity index (χ3n) is 4.57. The molecule has 0 saturated heterocycles. The van der Waals surface area contributed by atoms with E-state index in [0.29, 0.717) is 19.4 Å². The van der Waals surface area contributed by atoms with Gasteiger partial charge in [0, 0.05) is 23.9 Å². The van der Waals surface area contributed by atoms with Crippen molar-refractivity contribution < 1.29 is 5.11 Å². The lowest BCUT2D eigenvalue weighted by atomic mass is 10.2. The molecule has 0 saturated carbocycles. The molecule has 0 fully saturated rings. The van der Waals surface area contributed by atoms with E-state index in [4.69, 9.17) is 5.11 Å². The lowest BCUT2D eigenvalue weighted by Gasteiger charge is -2.19. The highest BCUT2D eigenvalue weighted by atomic mass is 32.2. The van der Waals surface area contributed by atoms with E-state index in [-0.39, 0.29) is 6.61 Å². The largest absolute Gasteiger partial charge is 0.396 e. The number of aryl methyl sites for hydroxylation is 1. The van der Waals surface area contributed by atoms with Gasteiger partial charge in [-0.3, -0.25) is 0 Å². The molecule has 0 unspecified atom stereocenters. The van der Waals surface area contributed by atoms with E-state index < -0.39 is 0 Å². The van der Waals surface area contributed by atoms with Crippen molar-refractivity contribution in [2.24, 2.45) is 0 Å². The number of nitrogens with zero attached hydrogens (tertiary/aromatic N) is 6. The maximum Gasteiger partial charge on any atom is 0.163 e. The molecule has 3 aromatic heterocycles. The molecule has 2 N–H and O–H groups in total. The van der Waals surface area contributed by atoms with Crippen LogP contribution in [-0.4, -0.2) is 41.2 Å². The van der Waals surface area contributed by atoms with Gasteiger partial charge in [0.05, 0.1) is 24.3 Å². The van der Waals surface area contributed by atoms with Gasteiger partial charge in [-0.15, -0.1) is 0 Å². The van der Waals surface area contributed by atoms with E-state index >= 15 is 0 Å². The molecular weight excluding hydrogens is 374 g/mol. The lowest BCUT2D eigenvalue weighted by Crippen LogP contribution is -2.05. The number of anilines is 2. The second kappa shape index (κ2) is 7.17. The molecule has 9 heteroatoms. The molecule has 0 aliphatic carbocycles. The minimum atomic E-state index is 0.139. The number of imidazole rings is 1. The van der Waals surface area contributed by atoms with E-state index in [9.17, 15) is 0 Å². The molecule has 4 aromatic rings. The number of benzene rings is 1. The molecular formula is C19H17N7OS. The van der Waals surface area contributed by atoms with Crippen molar-refractivity contribution in [3.63, 3.8) is 0 Å². The van der Waals surface area contributed by atoms with Gasteiger partial charge >= 0.3 is 0 Å². The molecule has 140 valence electrons. The Bertz CT molecular complexity index is 1160. The van der Waals surface area contributed by atoms with E-state index in [2.05, 4.69) is 48.4 Å². The normalized spacial score (nSPS) is 12.5. The maximum absolute atomic E-state index is 9.07. The van der Waals surface area contributed by atoms with E-state index in [1.54, 1.807) is 36.8 Å². The third kappa shape index (κ3) is 3.08. The first-order valence-corrected chi connectivity index (χ1v) is 9.78. The summed E-state index contributed by atoms with van der Waals surface area (Å²) in [5, 5.41) is 13.3. The fourth-order valence-corrected chi connectivity index (χ4v) is 4.13. The summed E-state index contributed by atoms with van der Waals surface area (Å²) in [6, 6.07) is 6.33. The topological polar surface area (TPSA) is 102 Å². The van der Waals surface area contributed by atoms with Gasteiger partial charge in [-0.05, 0) is 30.5 Å². The van der Waals surface area contributed by atoms with Crippen molar-refractivity contribution in [1.29, 1.82) is 0 Å². The Morgan fingerprint density at radius 3 is 2.93 bits per heavy atom. The minimum Gasteiger partial charge on any atom is -0.396 e. The third-order valence-corrected chi connectivity index (χ3v) is 5.64. The Morgan fingerprint density at radius 2 is 2.00 bits per heavy atom. The highest BCUT2D eigenvalue weighted by molar-refractivity contribution is 7.99. The summed E-state index contributed by atoms with van der Waals surface area (Å²) in [7, 11) is 0. The van der Waals surface area contributed by atoms with Gasteiger partial charge in [-0.2, -0.15) is 0 Å². The van der Waals surface area contributed by atoms with E-state index in [1.807, 2.05) is 4.57 Å². The summed E-state index contributed by atoms with van der Waals surface area (Å²) in [5.74, 6) is 0.784. The van der Waals surface area contributed by atoms with Gasteiger partial charge in [-0.25, -0.2) is 24.9 Å². The Morgan fingerprint density at radius 1 is 1.07 bits per heavy atom. The van der Waals surface area contributed by atoms with Gasteiger partial charge in [-0.1, -0.05) is 17.8 Å². The maximum atomic E-state index is 9.07. The van der Waals surface area contributed by atoms with Crippen LogP contribution in [0.15, 0.2) is 53.2 Å². The fraction of sp³-hybridized carbons (Fsp3) is 0.211. The molecule has 0 atom stereocenters. The Labute approximate surface area is 165 Å². The van der Waals surface area contributed by atoms with Crippen LogP contribution in [0.2, 0.25) is 0 Å². The fourth-order valence-electron chi connectivity index (χ4n) is 3.25. The number of rotatable bonds is 5.